The van der Waals surface area contributed by atoms with Gasteiger partial charge in [-0.3, -0.25) is 4.79 Å². The highest BCUT2D eigenvalue weighted by molar-refractivity contribution is 6.04. The summed E-state index contributed by atoms with van der Waals surface area (Å²) < 4.78 is 34.6. The fourth-order valence-electron chi connectivity index (χ4n) is 5.67. The van der Waals surface area contributed by atoms with Crippen molar-refractivity contribution in [3.63, 3.8) is 0 Å². The smallest absolute Gasteiger partial charge is 0.276 e. The number of anilines is 1. The van der Waals surface area contributed by atoms with E-state index in [1.54, 1.807) is 20.1 Å². The van der Waals surface area contributed by atoms with Crippen molar-refractivity contribution >= 4 is 11.6 Å². The average Bonchev–Trinajstić information content (AvgIpc) is 3.41. The van der Waals surface area contributed by atoms with Gasteiger partial charge in [-0.05, 0) is 79.6 Å². The van der Waals surface area contributed by atoms with Crippen molar-refractivity contribution in [3.8, 4) is 28.3 Å². The van der Waals surface area contributed by atoms with E-state index in [-0.39, 0.29) is 23.4 Å². The number of rotatable bonds is 10. The van der Waals surface area contributed by atoms with Crippen LogP contribution in [0.25, 0.3) is 22.5 Å². The summed E-state index contributed by atoms with van der Waals surface area (Å²) in [7, 11) is 1.68. The van der Waals surface area contributed by atoms with E-state index in [1.807, 2.05) is 30.3 Å². The lowest BCUT2D eigenvalue weighted by Gasteiger charge is -2.20. The molecule has 0 aliphatic rings. The number of alkyl halides is 2. The molecule has 7 heteroatoms. The van der Waals surface area contributed by atoms with Crippen LogP contribution in [0.15, 0.2) is 84.9 Å². The molecule has 5 aromatic rings. The zero-order valence-corrected chi connectivity index (χ0v) is 25.7. The Hall–Kier alpha value is -4.78. The van der Waals surface area contributed by atoms with Gasteiger partial charge in [0.1, 0.15) is 17.3 Å². The van der Waals surface area contributed by atoms with Crippen LogP contribution in [0.5, 0.6) is 5.75 Å². The van der Waals surface area contributed by atoms with Crippen molar-refractivity contribution in [3.05, 3.63) is 124 Å². The lowest BCUT2D eigenvalue weighted by Crippen LogP contribution is -2.16. The minimum Gasteiger partial charge on any atom is -0.496 e. The SMILES string of the molecule is CCC(F)(F)c1cccc(NC(=O)c2nc(-c3c(CCc4ccccc4)cc(OC)c(-c4ccccc4C)c3C)[nH]c2C)c1. The molecular weight excluding hydrogens is 556 g/mol. The molecule has 0 bridgehead atoms. The summed E-state index contributed by atoms with van der Waals surface area (Å²) in [4.78, 5) is 21.6. The molecular formula is C37H37F2N3O2. The molecule has 226 valence electrons. The maximum atomic E-state index is 14.3. The van der Waals surface area contributed by atoms with Gasteiger partial charge in [-0.1, -0.05) is 73.7 Å². The standard InChI is InChI=1S/C37H37F2N3O2/c1-6-37(38,39)28-16-12-17-29(22-28)41-36(43)34-25(4)40-35(42-34)32-24(3)33(30-18-11-10-13-23(30)2)31(44-5)21-27(32)20-19-26-14-8-7-9-15-26/h7-18,21-22H,6,19-20H2,1-5H3,(H,40,42)(H,41,43). The number of aryl methyl sites for hydroxylation is 4. The van der Waals surface area contributed by atoms with Crippen molar-refractivity contribution in [2.45, 2.75) is 52.9 Å². The molecule has 0 saturated heterocycles. The number of nitrogens with one attached hydrogen (secondary N) is 2. The summed E-state index contributed by atoms with van der Waals surface area (Å²) in [6, 6.07) is 26.3. The number of halogens is 2. The number of aromatic nitrogens is 2. The Kier molecular flexibility index (Phi) is 8.95. The summed E-state index contributed by atoms with van der Waals surface area (Å²) in [5.74, 6) is -2.11. The Balaban J connectivity index is 1.58. The summed E-state index contributed by atoms with van der Waals surface area (Å²) in [5, 5.41) is 2.76. The molecule has 44 heavy (non-hydrogen) atoms. The molecule has 5 nitrogen and oxygen atoms in total. The van der Waals surface area contributed by atoms with Gasteiger partial charge in [-0.25, -0.2) is 13.8 Å². The van der Waals surface area contributed by atoms with Crippen LogP contribution >= 0.6 is 0 Å². The van der Waals surface area contributed by atoms with Crippen LogP contribution < -0.4 is 10.1 Å². The van der Waals surface area contributed by atoms with E-state index in [0.717, 1.165) is 52.0 Å². The predicted octanol–water partition coefficient (Wildman–Crippen LogP) is 9.22. The minimum absolute atomic E-state index is 0.141. The van der Waals surface area contributed by atoms with Crippen LogP contribution in [0.2, 0.25) is 0 Å². The van der Waals surface area contributed by atoms with Crippen LogP contribution in [0.1, 0.15) is 57.3 Å². The molecule has 0 spiro atoms. The van der Waals surface area contributed by atoms with Crippen molar-refractivity contribution < 1.29 is 18.3 Å². The molecule has 0 aliphatic heterocycles. The van der Waals surface area contributed by atoms with Crippen molar-refractivity contribution in [2.24, 2.45) is 0 Å². The molecule has 1 aromatic heterocycles. The normalized spacial score (nSPS) is 11.4. The molecule has 0 radical (unpaired) electrons. The highest BCUT2D eigenvalue weighted by Gasteiger charge is 2.29. The number of H-pyrrole nitrogens is 1. The lowest BCUT2D eigenvalue weighted by atomic mass is 9.87. The third-order valence-electron chi connectivity index (χ3n) is 8.11. The topological polar surface area (TPSA) is 67.0 Å². The number of benzene rings is 4. The number of hydrogen-bond donors (Lipinski definition) is 2. The number of imidazole rings is 1. The van der Waals surface area contributed by atoms with Gasteiger partial charge in [0.15, 0.2) is 0 Å². The van der Waals surface area contributed by atoms with Gasteiger partial charge in [0, 0.05) is 34.5 Å². The number of carbonyl (C=O) groups excluding carboxylic acids is 1. The van der Waals surface area contributed by atoms with Gasteiger partial charge in [-0.2, -0.15) is 0 Å². The van der Waals surface area contributed by atoms with Gasteiger partial charge < -0.3 is 15.0 Å². The van der Waals surface area contributed by atoms with Crippen LogP contribution in [-0.4, -0.2) is 23.0 Å². The van der Waals surface area contributed by atoms with Gasteiger partial charge in [0.2, 0.25) is 0 Å². The Morgan fingerprint density at radius 2 is 1.64 bits per heavy atom. The highest BCUT2D eigenvalue weighted by Crippen LogP contribution is 2.42. The fraction of sp³-hybridized carbons (Fsp3) is 0.243. The number of aromatic amines is 1. The van der Waals surface area contributed by atoms with E-state index < -0.39 is 11.8 Å². The number of carbonyl (C=O) groups is 1. The molecule has 0 fully saturated rings. The number of nitrogens with zero attached hydrogens (tertiary/aromatic N) is 1. The molecule has 0 atom stereocenters. The Labute approximate surface area is 257 Å². The number of amides is 1. The van der Waals surface area contributed by atoms with E-state index in [0.29, 0.717) is 11.5 Å². The maximum Gasteiger partial charge on any atom is 0.276 e. The zero-order chi connectivity index (χ0) is 31.4. The van der Waals surface area contributed by atoms with Crippen LogP contribution in [0, 0.1) is 20.8 Å². The molecule has 5 rings (SSSR count). The lowest BCUT2D eigenvalue weighted by molar-refractivity contribution is -0.00824. The first kappa shape index (κ1) is 30.7. The predicted molar refractivity (Wildman–Crippen MR) is 173 cm³/mol. The molecule has 1 amide bonds. The van der Waals surface area contributed by atoms with Gasteiger partial charge in [0.25, 0.3) is 11.8 Å². The van der Waals surface area contributed by atoms with Crippen molar-refractivity contribution in [1.29, 1.82) is 0 Å². The van der Waals surface area contributed by atoms with Crippen LogP contribution in [0.3, 0.4) is 0 Å². The Morgan fingerprint density at radius 1 is 0.909 bits per heavy atom. The molecule has 2 N–H and O–H groups in total. The number of methoxy groups -OCH3 is 1. The van der Waals surface area contributed by atoms with Gasteiger partial charge in [0.05, 0.1) is 7.11 Å². The maximum absolute atomic E-state index is 14.3. The highest BCUT2D eigenvalue weighted by atomic mass is 19.3. The van der Waals surface area contributed by atoms with E-state index in [4.69, 9.17) is 9.72 Å². The van der Waals surface area contributed by atoms with E-state index in [1.165, 1.54) is 30.7 Å². The Bertz CT molecular complexity index is 1790. The molecule has 0 saturated carbocycles. The molecule has 0 aliphatic carbocycles. The second kappa shape index (κ2) is 12.8. The summed E-state index contributed by atoms with van der Waals surface area (Å²) in [6.07, 6.45) is 1.21. The van der Waals surface area contributed by atoms with E-state index >= 15 is 0 Å². The summed E-state index contributed by atoms with van der Waals surface area (Å²) in [5.41, 5.74) is 8.21. The first-order valence-corrected chi connectivity index (χ1v) is 14.8. The Morgan fingerprint density at radius 3 is 2.34 bits per heavy atom. The van der Waals surface area contributed by atoms with Gasteiger partial charge >= 0.3 is 0 Å². The van der Waals surface area contributed by atoms with E-state index in [2.05, 4.69) is 54.5 Å². The molecule has 0 unspecified atom stereocenters. The quantitative estimate of drug-likeness (QED) is 0.170. The van der Waals surface area contributed by atoms with Gasteiger partial charge in [-0.15, -0.1) is 0 Å². The second-order valence-electron chi connectivity index (χ2n) is 11.1. The van der Waals surface area contributed by atoms with Crippen molar-refractivity contribution in [1.82, 2.24) is 9.97 Å². The third kappa shape index (κ3) is 6.27. The molecule has 4 aromatic carbocycles. The first-order valence-electron chi connectivity index (χ1n) is 14.8. The average molecular weight is 594 g/mol. The molecule has 1 heterocycles. The zero-order valence-electron chi connectivity index (χ0n) is 25.7. The number of hydrogen-bond acceptors (Lipinski definition) is 3. The first-order chi connectivity index (χ1) is 21.1. The van der Waals surface area contributed by atoms with Crippen LogP contribution in [-0.2, 0) is 18.8 Å². The second-order valence-corrected chi connectivity index (χ2v) is 11.1. The van der Waals surface area contributed by atoms with Crippen LogP contribution in [0.4, 0.5) is 14.5 Å². The van der Waals surface area contributed by atoms with Crippen molar-refractivity contribution in [2.75, 3.05) is 12.4 Å². The number of ether oxygens (including phenoxy) is 1. The summed E-state index contributed by atoms with van der Waals surface area (Å²) in [6.45, 7) is 7.35. The monoisotopic (exact) mass is 593 g/mol. The van der Waals surface area contributed by atoms with E-state index in [9.17, 15) is 13.6 Å². The minimum atomic E-state index is -2.98. The largest absolute Gasteiger partial charge is 0.496 e. The fourth-order valence-corrected chi connectivity index (χ4v) is 5.67. The third-order valence-corrected chi connectivity index (χ3v) is 8.11. The summed E-state index contributed by atoms with van der Waals surface area (Å²) >= 11 is 0.